The fraction of sp³-hybridized carbons (Fsp3) is 0.667. The Labute approximate surface area is 103 Å². The van der Waals surface area contributed by atoms with Crippen molar-refractivity contribution in [1.82, 2.24) is 10.2 Å². The summed E-state index contributed by atoms with van der Waals surface area (Å²) in [4.78, 5) is 11.6. The number of carbonyl (C=O) groups is 1. The minimum Gasteiger partial charge on any atom is -0.462 e. The van der Waals surface area contributed by atoms with E-state index in [1.165, 1.54) is 23.1 Å². The van der Waals surface area contributed by atoms with E-state index < -0.39 is 0 Å². The first-order valence-corrected chi connectivity index (χ1v) is 6.68. The summed E-state index contributed by atoms with van der Waals surface area (Å²) in [6.07, 6.45) is 0.768. The maximum atomic E-state index is 11.6. The lowest BCUT2D eigenvalue weighted by molar-refractivity contribution is -0.147. The predicted octanol–water partition coefficient (Wildman–Crippen LogP) is 1.94. The molecule has 5 nitrogen and oxygen atoms in total. The van der Waals surface area contributed by atoms with Gasteiger partial charge in [0.05, 0.1) is 6.10 Å². The quantitative estimate of drug-likeness (QED) is 0.644. The number of nitrogen functional groups attached to an aromatic ring is 1. The van der Waals surface area contributed by atoms with Crippen LogP contribution in [-0.4, -0.2) is 27.5 Å². The molecule has 1 rings (SSSR count). The number of thioether (sulfide) groups is 1. The largest absolute Gasteiger partial charge is 0.462 e. The van der Waals surface area contributed by atoms with Crippen LogP contribution in [0.5, 0.6) is 0 Å². The van der Waals surface area contributed by atoms with Gasteiger partial charge in [0.2, 0.25) is 5.13 Å². The molecular formula is C9H15N3O2S2. The summed E-state index contributed by atoms with van der Waals surface area (Å²) in [7, 11) is 0. The van der Waals surface area contributed by atoms with Gasteiger partial charge in [-0.3, -0.25) is 4.79 Å². The molecule has 90 valence electrons. The minimum atomic E-state index is -0.290. The second-order valence-corrected chi connectivity index (χ2v) is 5.92. The zero-order valence-electron chi connectivity index (χ0n) is 9.47. The van der Waals surface area contributed by atoms with Crippen molar-refractivity contribution in [2.75, 3.05) is 5.73 Å². The van der Waals surface area contributed by atoms with Gasteiger partial charge in [0, 0.05) is 0 Å². The third-order valence-corrected chi connectivity index (χ3v) is 3.84. The molecule has 0 amide bonds. The van der Waals surface area contributed by atoms with Crippen LogP contribution in [0.3, 0.4) is 0 Å². The van der Waals surface area contributed by atoms with E-state index in [2.05, 4.69) is 10.2 Å². The summed E-state index contributed by atoms with van der Waals surface area (Å²) in [5.41, 5.74) is 5.45. The van der Waals surface area contributed by atoms with E-state index in [1.54, 1.807) is 6.92 Å². The fourth-order valence-corrected chi connectivity index (χ4v) is 2.61. The zero-order valence-corrected chi connectivity index (χ0v) is 11.1. The standard InChI is InChI=1S/C9H15N3O2S2/c1-4-5(2)14-7(13)6(3)15-9-12-11-8(10)16-9/h5-6H,4H2,1-3H3,(H2,10,11). The maximum absolute atomic E-state index is 11.6. The van der Waals surface area contributed by atoms with Crippen LogP contribution in [0.4, 0.5) is 5.13 Å². The number of hydrogen-bond acceptors (Lipinski definition) is 7. The SMILES string of the molecule is CCC(C)OC(=O)C(C)Sc1nnc(N)s1. The molecule has 0 aliphatic heterocycles. The molecule has 2 unspecified atom stereocenters. The lowest BCUT2D eigenvalue weighted by Crippen LogP contribution is -2.21. The highest BCUT2D eigenvalue weighted by Crippen LogP contribution is 2.28. The normalized spacial score (nSPS) is 14.4. The lowest BCUT2D eigenvalue weighted by atomic mass is 10.3. The van der Waals surface area contributed by atoms with Crippen LogP contribution in [-0.2, 0) is 9.53 Å². The molecule has 0 aromatic carbocycles. The Morgan fingerprint density at radius 3 is 2.75 bits per heavy atom. The molecule has 2 N–H and O–H groups in total. The van der Waals surface area contributed by atoms with Crippen LogP contribution in [0.25, 0.3) is 0 Å². The molecular weight excluding hydrogens is 246 g/mol. The number of nitrogens with two attached hydrogens (primary N) is 1. The number of aromatic nitrogens is 2. The molecule has 2 atom stereocenters. The summed E-state index contributed by atoms with van der Waals surface area (Å²) in [5.74, 6) is -0.229. The first-order valence-electron chi connectivity index (χ1n) is 4.99. The topological polar surface area (TPSA) is 78.1 Å². The van der Waals surface area contributed by atoms with E-state index in [4.69, 9.17) is 10.5 Å². The number of hydrogen-bond donors (Lipinski definition) is 1. The maximum Gasteiger partial charge on any atom is 0.319 e. The van der Waals surface area contributed by atoms with Gasteiger partial charge in [0.1, 0.15) is 5.25 Å². The summed E-state index contributed by atoms with van der Waals surface area (Å²) in [6, 6.07) is 0. The van der Waals surface area contributed by atoms with Gasteiger partial charge in [-0.1, -0.05) is 30.0 Å². The minimum absolute atomic E-state index is 0.0463. The first kappa shape index (κ1) is 13.2. The molecule has 0 saturated carbocycles. The zero-order chi connectivity index (χ0) is 12.1. The molecule has 0 aliphatic carbocycles. The van der Waals surface area contributed by atoms with Gasteiger partial charge >= 0.3 is 5.97 Å². The van der Waals surface area contributed by atoms with Gasteiger partial charge in [0.15, 0.2) is 4.34 Å². The average Bonchev–Trinajstić information content (AvgIpc) is 2.63. The summed E-state index contributed by atoms with van der Waals surface area (Å²) >= 11 is 2.58. The molecule has 0 saturated heterocycles. The number of nitrogens with zero attached hydrogens (tertiary/aromatic N) is 2. The summed E-state index contributed by atoms with van der Waals surface area (Å²) < 4.78 is 5.89. The number of rotatable bonds is 5. The van der Waals surface area contributed by atoms with Crippen molar-refractivity contribution in [3.8, 4) is 0 Å². The van der Waals surface area contributed by atoms with Crippen molar-refractivity contribution in [3.63, 3.8) is 0 Å². The van der Waals surface area contributed by atoms with Gasteiger partial charge in [0.25, 0.3) is 0 Å². The smallest absolute Gasteiger partial charge is 0.319 e. The average molecular weight is 261 g/mol. The molecule has 0 aliphatic rings. The lowest BCUT2D eigenvalue weighted by Gasteiger charge is -2.13. The Morgan fingerprint density at radius 2 is 2.25 bits per heavy atom. The van der Waals surface area contributed by atoms with E-state index in [0.717, 1.165) is 6.42 Å². The highest BCUT2D eigenvalue weighted by molar-refractivity contribution is 8.02. The predicted molar refractivity (Wildman–Crippen MR) is 65.5 cm³/mol. The molecule has 0 bridgehead atoms. The molecule has 0 spiro atoms. The Kier molecular flexibility index (Phi) is 5.01. The third-order valence-electron chi connectivity index (χ3n) is 1.92. The molecule has 0 fully saturated rings. The van der Waals surface area contributed by atoms with E-state index in [9.17, 15) is 4.79 Å². The van der Waals surface area contributed by atoms with Gasteiger partial charge in [-0.25, -0.2) is 0 Å². The van der Waals surface area contributed by atoms with Crippen LogP contribution >= 0.6 is 23.1 Å². The van der Waals surface area contributed by atoms with Crippen molar-refractivity contribution in [3.05, 3.63) is 0 Å². The van der Waals surface area contributed by atoms with Gasteiger partial charge < -0.3 is 10.5 Å². The van der Waals surface area contributed by atoms with Crippen molar-refractivity contribution in [1.29, 1.82) is 0 Å². The molecule has 7 heteroatoms. The van der Waals surface area contributed by atoms with Crippen LogP contribution in [0, 0.1) is 0 Å². The third kappa shape index (κ3) is 3.97. The molecule has 1 aromatic rings. The highest BCUT2D eigenvalue weighted by atomic mass is 32.2. The Hall–Kier alpha value is -0.820. The van der Waals surface area contributed by atoms with E-state index in [0.29, 0.717) is 9.47 Å². The fourth-order valence-electron chi connectivity index (χ4n) is 0.845. The van der Waals surface area contributed by atoms with E-state index in [-0.39, 0.29) is 17.3 Å². The van der Waals surface area contributed by atoms with Crippen LogP contribution in [0.15, 0.2) is 4.34 Å². The van der Waals surface area contributed by atoms with E-state index >= 15 is 0 Å². The monoisotopic (exact) mass is 261 g/mol. The number of anilines is 1. The number of ether oxygens (including phenoxy) is 1. The van der Waals surface area contributed by atoms with Crippen molar-refractivity contribution in [2.45, 2.75) is 42.9 Å². The van der Waals surface area contributed by atoms with Gasteiger partial charge in [-0.15, -0.1) is 10.2 Å². The van der Waals surface area contributed by atoms with Gasteiger partial charge in [-0.2, -0.15) is 0 Å². The Bertz CT molecular complexity index is 356. The number of esters is 1. The molecule has 1 heterocycles. The second-order valence-electron chi connectivity index (χ2n) is 3.32. The van der Waals surface area contributed by atoms with Crippen molar-refractivity contribution >= 4 is 34.2 Å². The second kappa shape index (κ2) is 6.05. The Morgan fingerprint density at radius 1 is 1.56 bits per heavy atom. The van der Waals surface area contributed by atoms with Crippen LogP contribution in [0.2, 0.25) is 0 Å². The van der Waals surface area contributed by atoms with E-state index in [1.807, 2.05) is 13.8 Å². The summed E-state index contributed by atoms with van der Waals surface area (Å²) in [6.45, 7) is 5.63. The van der Waals surface area contributed by atoms with Crippen LogP contribution < -0.4 is 5.73 Å². The first-order chi connectivity index (χ1) is 7.52. The summed E-state index contributed by atoms with van der Waals surface area (Å²) in [5, 5.41) is 7.63. The molecule has 16 heavy (non-hydrogen) atoms. The molecule has 1 aromatic heterocycles. The highest BCUT2D eigenvalue weighted by Gasteiger charge is 2.19. The Balaban J connectivity index is 2.45. The van der Waals surface area contributed by atoms with Crippen LogP contribution in [0.1, 0.15) is 27.2 Å². The molecule has 0 radical (unpaired) electrons. The number of carbonyl (C=O) groups excluding carboxylic acids is 1. The van der Waals surface area contributed by atoms with Crippen molar-refractivity contribution < 1.29 is 9.53 Å². The van der Waals surface area contributed by atoms with Gasteiger partial charge in [-0.05, 0) is 20.3 Å². The van der Waals surface area contributed by atoms with Crippen molar-refractivity contribution in [2.24, 2.45) is 0 Å².